The molecule has 0 aliphatic rings. The van der Waals surface area contributed by atoms with Crippen LogP contribution in [0.3, 0.4) is 0 Å². The normalized spacial score (nSPS) is 10.4. The Kier molecular flexibility index (Phi) is 4.86. The molecule has 2 aromatic heterocycles. The molecule has 0 aliphatic heterocycles. The summed E-state index contributed by atoms with van der Waals surface area (Å²) in [5.74, 6) is 0.787. The first kappa shape index (κ1) is 15.7. The number of benzene rings is 1. The molecule has 24 heavy (non-hydrogen) atoms. The van der Waals surface area contributed by atoms with Crippen LogP contribution in [-0.2, 0) is 13.0 Å². The molecule has 3 rings (SSSR count). The highest BCUT2D eigenvalue weighted by atomic mass is 16.3. The Morgan fingerprint density at radius 1 is 1.17 bits per heavy atom. The van der Waals surface area contributed by atoms with Crippen molar-refractivity contribution < 1.29 is 9.21 Å². The lowest BCUT2D eigenvalue weighted by molar-refractivity contribution is 0.0943. The predicted molar refractivity (Wildman–Crippen MR) is 91.0 cm³/mol. The number of carbonyl (C=O) groups excluding carboxylic acids is 1. The van der Waals surface area contributed by atoms with Gasteiger partial charge in [-0.05, 0) is 42.3 Å². The molecular formula is C18H18N4O2. The first-order chi connectivity index (χ1) is 11.7. The van der Waals surface area contributed by atoms with Crippen LogP contribution >= 0.6 is 0 Å². The molecule has 0 bridgehead atoms. The second kappa shape index (κ2) is 7.41. The molecule has 2 heterocycles. The molecule has 6 nitrogen and oxygen atoms in total. The summed E-state index contributed by atoms with van der Waals surface area (Å²) in [6, 6.07) is 13.2. The smallest absolute Gasteiger partial charge is 0.270 e. The number of carbonyl (C=O) groups is 1. The number of hydrogen-bond acceptors (Lipinski definition) is 5. The summed E-state index contributed by atoms with van der Waals surface area (Å²) in [6.07, 6.45) is 4.11. The average Bonchev–Trinajstić information content (AvgIpc) is 3.14. The van der Waals surface area contributed by atoms with Gasteiger partial charge in [-0.25, -0.2) is 9.97 Å². The number of aryl methyl sites for hydroxylation is 1. The predicted octanol–water partition coefficient (Wildman–Crippen LogP) is 3.31. The molecule has 0 aliphatic carbocycles. The van der Waals surface area contributed by atoms with Crippen LogP contribution in [0.25, 0.3) is 0 Å². The van der Waals surface area contributed by atoms with Crippen molar-refractivity contribution in [2.75, 3.05) is 5.32 Å². The maximum absolute atomic E-state index is 12.2. The van der Waals surface area contributed by atoms with E-state index in [0.717, 1.165) is 12.1 Å². The SMILES string of the molecule is CCc1ccc(Nc2nccc(C(=O)NCc3ccco3)n2)cc1. The molecule has 0 saturated carbocycles. The number of nitrogens with one attached hydrogen (secondary N) is 2. The van der Waals surface area contributed by atoms with Crippen molar-refractivity contribution in [1.82, 2.24) is 15.3 Å². The summed E-state index contributed by atoms with van der Waals surface area (Å²) in [5.41, 5.74) is 2.43. The molecule has 0 unspecified atom stereocenters. The van der Waals surface area contributed by atoms with E-state index in [4.69, 9.17) is 4.42 Å². The summed E-state index contributed by atoms with van der Waals surface area (Å²) < 4.78 is 5.18. The van der Waals surface area contributed by atoms with Gasteiger partial charge >= 0.3 is 0 Å². The number of furan rings is 1. The summed E-state index contributed by atoms with van der Waals surface area (Å²) in [6.45, 7) is 2.42. The van der Waals surface area contributed by atoms with Gasteiger partial charge in [0.1, 0.15) is 11.5 Å². The standard InChI is InChI=1S/C18H18N4O2/c1-2-13-5-7-14(8-6-13)21-18-19-10-9-16(22-18)17(23)20-12-15-4-3-11-24-15/h3-11H,2,12H2,1H3,(H,20,23)(H,19,21,22). The summed E-state index contributed by atoms with van der Waals surface area (Å²) in [7, 11) is 0. The number of nitrogens with zero attached hydrogens (tertiary/aromatic N) is 2. The highest BCUT2D eigenvalue weighted by molar-refractivity contribution is 5.92. The van der Waals surface area contributed by atoms with E-state index in [2.05, 4.69) is 27.5 Å². The van der Waals surface area contributed by atoms with Crippen LogP contribution < -0.4 is 10.6 Å². The Labute approximate surface area is 140 Å². The van der Waals surface area contributed by atoms with Crippen molar-refractivity contribution in [3.8, 4) is 0 Å². The van der Waals surface area contributed by atoms with Crippen molar-refractivity contribution in [3.63, 3.8) is 0 Å². The highest BCUT2D eigenvalue weighted by Gasteiger charge is 2.09. The Bertz CT molecular complexity index is 798. The minimum Gasteiger partial charge on any atom is -0.467 e. The van der Waals surface area contributed by atoms with Crippen LogP contribution in [0.4, 0.5) is 11.6 Å². The molecule has 2 N–H and O–H groups in total. The van der Waals surface area contributed by atoms with Gasteiger partial charge < -0.3 is 15.1 Å². The number of rotatable bonds is 6. The molecular weight excluding hydrogens is 304 g/mol. The zero-order valence-corrected chi connectivity index (χ0v) is 13.3. The molecule has 6 heteroatoms. The fourth-order valence-electron chi connectivity index (χ4n) is 2.17. The quantitative estimate of drug-likeness (QED) is 0.728. The van der Waals surface area contributed by atoms with Crippen molar-refractivity contribution >= 4 is 17.5 Å². The van der Waals surface area contributed by atoms with Gasteiger partial charge in [0.05, 0.1) is 12.8 Å². The number of aromatic nitrogens is 2. The van der Waals surface area contributed by atoms with Gasteiger partial charge in [0.15, 0.2) is 0 Å². The molecule has 0 spiro atoms. The average molecular weight is 322 g/mol. The highest BCUT2D eigenvalue weighted by Crippen LogP contribution is 2.14. The molecule has 0 radical (unpaired) electrons. The van der Waals surface area contributed by atoms with Crippen molar-refractivity contribution in [2.45, 2.75) is 19.9 Å². The first-order valence-corrected chi connectivity index (χ1v) is 7.74. The molecule has 0 fully saturated rings. The summed E-state index contributed by atoms with van der Waals surface area (Å²) in [4.78, 5) is 20.6. The van der Waals surface area contributed by atoms with Crippen LogP contribution in [0, 0.1) is 0 Å². The van der Waals surface area contributed by atoms with E-state index in [1.165, 1.54) is 5.56 Å². The lowest BCUT2D eigenvalue weighted by atomic mass is 10.1. The van der Waals surface area contributed by atoms with E-state index in [-0.39, 0.29) is 5.91 Å². The molecule has 0 saturated heterocycles. The zero-order valence-electron chi connectivity index (χ0n) is 13.3. The number of hydrogen-bond donors (Lipinski definition) is 2. The van der Waals surface area contributed by atoms with Crippen LogP contribution in [0.5, 0.6) is 0 Å². The maximum atomic E-state index is 12.2. The minimum atomic E-state index is -0.279. The van der Waals surface area contributed by atoms with Crippen molar-refractivity contribution in [2.24, 2.45) is 0 Å². The number of amides is 1. The third-order valence-electron chi connectivity index (χ3n) is 3.51. The van der Waals surface area contributed by atoms with Crippen LogP contribution in [0.1, 0.15) is 28.7 Å². The Balaban J connectivity index is 1.65. The van der Waals surface area contributed by atoms with E-state index in [1.807, 2.05) is 24.3 Å². The maximum Gasteiger partial charge on any atom is 0.270 e. The summed E-state index contributed by atoms with van der Waals surface area (Å²) in [5, 5.41) is 5.86. The van der Waals surface area contributed by atoms with Crippen LogP contribution in [0.2, 0.25) is 0 Å². The van der Waals surface area contributed by atoms with Gasteiger partial charge in [-0.3, -0.25) is 4.79 Å². The Hall–Kier alpha value is -3.15. The van der Waals surface area contributed by atoms with Gasteiger partial charge in [0.2, 0.25) is 5.95 Å². The first-order valence-electron chi connectivity index (χ1n) is 7.74. The van der Waals surface area contributed by atoms with Gasteiger partial charge in [0.25, 0.3) is 5.91 Å². The molecule has 1 aromatic carbocycles. The van der Waals surface area contributed by atoms with Gasteiger partial charge in [-0.2, -0.15) is 0 Å². The second-order valence-electron chi connectivity index (χ2n) is 5.20. The van der Waals surface area contributed by atoms with E-state index >= 15 is 0 Å². The van der Waals surface area contributed by atoms with Crippen LogP contribution in [0.15, 0.2) is 59.3 Å². The van der Waals surface area contributed by atoms with E-state index in [9.17, 15) is 4.79 Å². The fraction of sp³-hybridized carbons (Fsp3) is 0.167. The monoisotopic (exact) mass is 322 g/mol. The largest absolute Gasteiger partial charge is 0.467 e. The third-order valence-corrected chi connectivity index (χ3v) is 3.51. The molecule has 122 valence electrons. The fourth-order valence-corrected chi connectivity index (χ4v) is 2.17. The van der Waals surface area contributed by atoms with Crippen LogP contribution in [-0.4, -0.2) is 15.9 Å². The molecule has 3 aromatic rings. The summed E-state index contributed by atoms with van der Waals surface area (Å²) >= 11 is 0. The lowest BCUT2D eigenvalue weighted by Crippen LogP contribution is -2.23. The van der Waals surface area contributed by atoms with Gasteiger partial charge in [-0.1, -0.05) is 19.1 Å². The van der Waals surface area contributed by atoms with E-state index in [0.29, 0.717) is 23.9 Å². The Morgan fingerprint density at radius 2 is 2.00 bits per heavy atom. The van der Waals surface area contributed by atoms with E-state index in [1.54, 1.807) is 30.7 Å². The topological polar surface area (TPSA) is 80.0 Å². The van der Waals surface area contributed by atoms with Crippen molar-refractivity contribution in [1.29, 1.82) is 0 Å². The third kappa shape index (κ3) is 3.98. The lowest BCUT2D eigenvalue weighted by Gasteiger charge is -2.07. The van der Waals surface area contributed by atoms with Gasteiger partial charge in [-0.15, -0.1) is 0 Å². The van der Waals surface area contributed by atoms with Crippen molar-refractivity contribution in [3.05, 3.63) is 71.9 Å². The number of anilines is 2. The molecule has 0 atom stereocenters. The zero-order chi connectivity index (χ0) is 16.8. The molecule has 1 amide bonds. The minimum absolute atomic E-state index is 0.279. The second-order valence-corrected chi connectivity index (χ2v) is 5.20. The Morgan fingerprint density at radius 3 is 2.71 bits per heavy atom. The van der Waals surface area contributed by atoms with Gasteiger partial charge in [0, 0.05) is 11.9 Å². The van der Waals surface area contributed by atoms with E-state index < -0.39 is 0 Å².